The largest absolute Gasteiger partial charge is 0.478 e. The maximum Gasteiger partial charge on any atom is 0.252 e. The van der Waals surface area contributed by atoms with Crippen molar-refractivity contribution in [2.75, 3.05) is 6.61 Å². The number of hydrogen-bond acceptors (Lipinski definition) is 3. The summed E-state index contributed by atoms with van der Waals surface area (Å²) in [7, 11) is 0. The van der Waals surface area contributed by atoms with Gasteiger partial charge in [-0.1, -0.05) is 33.1 Å². The highest BCUT2D eigenvalue weighted by Gasteiger charge is 2.51. The first-order valence-corrected chi connectivity index (χ1v) is 8.30. The zero-order valence-corrected chi connectivity index (χ0v) is 14.2. The molecule has 1 unspecified atom stereocenters. The van der Waals surface area contributed by atoms with Gasteiger partial charge in [0.25, 0.3) is 5.91 Å². The first-order valence-electron chi connectivity index (χ1n) is 8.30. The number of nitrogens with one attached hydrogen (secondary N) is 1. The predicted octanol–water partition coefficient (Wildman–Crippen LogP) is 3.30. The second kappa shape index (κ2) is 5.98. The Kier molecular flexibility index (Phi) is 4.64. The summed E-state index contributed by atoms with van der Waals surface area (Å²) < 4.78 is 5.81. The molecule has 4 nitrogen and oxygen atoms in total. The molecule has 1 atom stereocenters. The van der Waals surface area contributed by atoms with Crippen molar-refractivity contribution in [1.82, 2.24) is 5.32 Å². The number of ether oxygens (including phenoxy) is 1. The van der Waals surface area contributed by atoms with Crippen LogP contribution in [0.5, 0.6) is 0 Å². The van der Waals surface area contributed by atoms with Crippen molar-refractivity contribution in [1.29, 1.82) is 0 Å². The summed E-state index contributed by atoms with van der Waals surface area (Å²) in [5, 5.41) is 3.13. The molecule has 0 bridgehead atoms. The van der Waals surface area contributed by atoms with Gasteiger partial charge in [0.05, 0.1) is 0 Å². The number of amides is 1. The molecule has 0 spiro atoms. The van der Waals surface area contributed by atoms with Crippen molar-refractivity contribution in [3.05, 3.63) is 0 Å². The number of hydrogen-bond donors (Lipinski definition) is 1. The monoisotopic (exact) mass is 294 g/mol. The van der Waals surface area contributed by atoms with Crippen LogP contribution >= 0.6 is 0 Å². The second-order valence-electron chi connectivity index (χ2n) is 7.86. The summed E-state index contributed by atoms with van der Waals surface area (Å²) in [6.45, 7) is 10.6. The lowest BCUT2D eigenvalue weighted by Crippen LogP contribution is -2.56. The van der Waals surface area contributed by atoms with Gasteiger partial charge in [0, 0.05) is 11.5 Å². The first-order chi connectivity index (χ1) is 9.74. The Hall–Kier alpha value is -1.06. The van der Waals surface area contributed by atoms with Gasteiger partial charge in [-0.05, 0) is 39.5 Å². The molecule has 120 valence electrons. The molecule has 1 aliphatic heterocycles. The summed E-state index contributed by atoms with van der Waals surface area (Å²) in [5.74, 6) is 1.32. The highest BCUT2D eigenvalue weighted by Crippen LogP contribution is 2.39. The number of rotatable bonds is 3. The van der Waals surface area contributed by atoms with E-state index in [1.807, 2.05) is 20.8 Å². The summed E-state index contributed by atoms with van der Waals surface area (Å²) in [5.41, 5.74) is -0.942. The van der Waals surface area contributed by atoms with E-state index < -0.39 is 5.54 Å². The molecule has 0 aromatic carbocycles. The van der Waals surface area contributed by atoms with Crippen molar-refractivity contribution in [2.45, 2.75) is 77.8 Å². The number of carbonyl (C=O) groups is 1. The van der Waals surface area contributed by atoms with Gasteiger partial charge in [0.1, 0.15) is 6.61 Å². The lowest BCUT2D eigenvalue weighted by atomic mass is 9.74. The van der Waals surface area contributed by atoms with E-state index in [0.29, 0.717) is 12.5 Å². The fraction of sp³-hybridized carbons (Fsp3) is 0.882. The summed E-state index contributed by atoms with van der Waals surface area (Å²) in [6.07, 6.45) is 5.82. The molecular weight excluding hydrogens is 264 g/mol. The van der Waals surface area contributed by atoms with Crippen molar-refractivity contribution < 1.29 is 9.53 Å². The third-order valence-electron chi connectivity index (χ3n) is 4.41. The smallest absolute Gasteiger partial charge is 0.252 e. The predicted molar refractivity (Wildman–Crippen MR) is 85.4 cm³/mol. The molecule has 1 amide bonds. The third-order valence-corrected chi connectivity index (χ3v) is 4.41. The van der Waals surface area contributed by atoms with E-state index in [1.54, 1.807) is 0 Å². The Labute approximate surface area is 128 Å². The minimum atomic E-state index is -0.701. The van der Waals surface area contributed by atoms with Crippen LogP contribution in [0.2, 0.25) is 0 Å². The molecule has 1 aliphatic carbocycles. The number of nitrogens with zero attached hydrogens (tertiary/aromatic N) is 1. The van der Waals surface area contributed by atoms with Crippen LogP contribution in [0.1, 0.15) is 66.7 Å². The molecule has 0 aromatic rings. The van der Waals surface area contributed by atoms with Crippen LogP contribution in [0.15, 0.2) is 4.99 Å². The van der Waals surface area contributed by atoms with Crippen LogP contribution in [-0.2, 0) is 9.53 Å². The normalized spacial score (nSPS) is 27.4. The van der Waals surface area contributed by atoms with Gasteiger partial charge in [-0.3, -0.25) is 4.79 Å². The summed E-state index contributed by atoms with van der Waals surface area (Å²) in [4.78, 5) is 17.8. The van der Waals surface area contributed by atoms with E-state index in [0.717, 1.165) is 18.7 Å². The van der Waals surface area contributed by atoms with E-state index >= 15 is 0 Å². The molecule has 4 heteroatoms. The molecule has 0 radical (unpaired) electrons. The highest BCUT2D eigenvalue weighted by molar-refractivity contribution is 5.93. The average Bonchev–Trinajstić information content (AvgIpc) is 2.84. The molecule has 0 saturated heterocycles. The van der Waals surface area contributed by atoms with Gasteiger partial charge < -0.3 is 10.1 Å². The Balaban J connectivity index is 2.29. The summed E-state index contributed by atoms with van der Waals surface area (Å²) >= 11 is 0. The van der Waals surface area contributed by atoms with Crippen molar-refractivity contribution in [3.8, 4) is 0 Å². The van der Waals surface area contributed by atoms with E-state index in [2.05, 4.69) is 19.2 Å². The van der Waals surface area contributed by atoms with Crippen molar-refractivity contribution >= 4 is 11.8 Å². The molecule has 21 heavy (non-hydrogen) atoms. The Morgan fingerprint density at radius 1 is 1.29 bits per heavy atom. The molecule has 1 heterocycles. The van der Waals surface area contributed by atoms with Gasteiger partial charge in [0.15, 0.2) is 11.4 Å². The molecular formula is C17H30N2O2. The van der Waals surface area contributed by atoms with Crippen molar-refractivity contribution in [3.63, 3.8) is 0 Å². The topological polar surface area (TPSA) is 50.7 Å². The van der Waals surface area contributed by atoms with E-state index in [1.165, 1.54) is 19.3 Å². The quantitative estimate of drug-likeness (QED) is 0.868. The van der Waals surface area contributed by atoms with Crippen LogP contribution in [0.3, 0.4) is 0 Å². The zero-order valence-electron chi connectivity index (χ0n) is 14.2. The second-order valence-corrected chi connectivity index (χ2v) is 7.86. The Bertz CT molecular complexity index is 417. The highest BCUT2D eigenvalue weighted by atomic mass is 16.5. The van der Waals surface area contributed by atoms with Crippen LogP contribution in [0.25, 0.3) is 0 Å². The Morgan fingerprint density at radius 2 is 1.90 bits per heavy atom. The lowest BCUT2D eigenvalue weighted by Gasteiger charge is -2.36. The minimum Gasteiger partial charge on any atom is -0.478 e. The van der Waals surface area contributed by atoms with Gasteiger partial charge in [-0.25, -0.2) is 4.99 Å². The summed E-state index contributed by atoms with van der Waals surface area (Å²) in [6, 6.07) is 0. The fourth-order valence-electron chi connectivity index (χ4n) is 3.28. The molecule has 1 N–H and O–H groups in total. The lowest BCUT2D eigenvalue weighted by molar-refractivity contribution is -0.130. The molecule has 1 fully saturated rings. The molecule has 0 aromatic heterocycles. The zero-order chi connectivity index (χ0) is 15.7. The fourth-order valence-corrected chi connectivity index (χ4v) is 3.28. The number of carbonyl (C=O) groups excluding carboxylic acids is 1. The molecule has 2 rings (SSSR count). The van der Waals surface area contributed by atoms with Crippen LogP contribution < -0.4 is 5.32 Å². The van der Waals surface area contributed by atoms with Gasteiger partial charge >= 0.3 is 0 Å². The molecule has 2 aliphatic rings. The van der Waals surface area contributed by atoms with Crippen LogP contribution in [-0.4, -0.2) is 29.5 Å². The Morgan fingerprint density at radius 3 is 2.38 bits per heavy atom. The maximum atomic E-state index is 13.0. The SMILES string of the molecule is CC(C)C1=NC(C(=O)NC(C)(C)C)(C2CCCCC2)CO1. The van der Waals surface area contributed by atoms with Crippen molar-refractivity contribution in [2.24, 2.45) is 16.8 Å². The van der Waals surface area contributed by atoms with E-state index in [4.69, 9.17) is 9.73 Å². The average molecular weight is 294 g/mol. The van der Waals surface area contributed by atoms with Gasteiger partial charge in [-0.15, -0.1) is 0 Å². The van der Waals surface area contributed by atoms with E-state index in [-0.39, 0.29) is 17.4 Å². The first kappa shape index (κ1) is 16.3. The standard InChI is InChI=1S/C17H30N2O2/c1-12(2)14-18-17(11-21-14,13-9-7-6-8-10-13)15(20)19-16(3,4)5/h12-13H,6-11H2,1-5H3,(H,19,20). The third kappa shape index (κ3) is 3.58. The number of aliphatic imine (C=N–C) groups is 1. The van der Waals surface area contributed by atoms with Crippen LogP contribution in [0.4, 0.5) is 0 Å². The van der Waals surface area contributed by atoms with Gasteiger partial charge in [0.2, 0.25) is 0 Å². The minimum absolute atomic E-state index is 0.0394. The van der Waals surface area contributed by atoms with Gasteiger partial charge in [-0.2, -0.15) is 0 Å². The maximum absolute atomic E-state index is 13.0. The van der Waals surface area contributed by atoms with E-state index in [9.17, 15) is 4.79 Å². The van der Waals surface area contributed by atoms with Crippen LogP contribution in [0, 0.1) is 11.8 Å². The molecule has 1 saturated carbocycles.